The zero-order valence-electron chi connectivity index (χ0n) is 9.49. The third kappa shape index (κ3) is 4.43. The fraction of sp³-hybridized carbons (Fsp3) is 0.400. The van der Waals surface area contributed by atoms with Gasteiger partial charge in [-0.2, -0.15) is 17.5 Å². The Bertz CT molecular complexity index is 533. The van der Waals surface area contributed by atoms with Crippen LogP contribution in [0.25, 0.3) is 0 Å². The van der Waals surface area contributed by atoms with E-state index in [2.05, 4.69) is 15.9 Å². The van der Waals surface area contributed by atoms with Gasteiger partial charge in [-0.25, -0.2) is 12.8 Å². The van der Waals surface area contributed by atoms with E-state index in [-0.39, 0.29) is 9.64 Å². The molecule has 0 amide bonds. The molecular formula is C10H10BrF4NO2S. The Hall–Kier alpha value is -0.670. The van der Waals surface area contributed by atoms with Gasteiger partial charge in [0.1, 0.15) is 17.3 Å². The molecule has 1 rings (SSSR count). The molecule has 3 nitrogen and oxygen atoms in total. The molecule has 108 valence electrons. The summed E-state index contributed by atoms with van der Waals surface area (Å²) in [6, 6.07) is 4.32. The zero-order chi connectivity index (χ0) is 14.7. The smallest absolute Gasteiger partial charge is 0.207 e. The molecule has 0 aromatic heterocycles. The van der Waals surface area contributed by atoms with Crippen molar-refractivity contribution in [1.29, 1.82) is 0 Å². The summed E-state index contributed by atoms with van der Waals surface area (Å²) < 4.78 is 74.7. The van der Waals surface area contributed by atoms with Crippen LogP contribution < -0.4 is 0 Å². The van der Waals surface area contributed by atoms with Gasteiger partial charge in [-0.1, -0.05) is 28.1 Å². The minimum atomic E-state index is -4.69. The molecule has 0 N–H and O–H groups in total. The highest BCUT2D eigenvalue weighted by molar-refractivity contribution is 9.09. The molecule has 0 saturated heterocycles. The fourth-order valence-electron chi connectivity index (χ4n) is 1.37. The van der Waals surface area contributed by atoms with Crippen LogP contribution in [0.1, 0.15) is 0 Å². The molecule has 0 bridgehead atoms. The monoisotopic (exact) mass is 363 g/mol. The molecule has 9 heteroatoms. The lowest BCUT2D eigenvalue weighted by atomic mass is 10.4. The topological polar surface area (TPSA) is 37.4 Å². The maximum absolute atomic E-state index is 13.4. The molecule has 0 spiro atoms. The molecule has 0 aliphatic carbocycles. The summed E-state index contributed by atoms with van der Waals surface area (Å²) in [5.74, 6) is -1.08. The SMILES string of the molecule is O=S(=O)(c1ccccc1F)N(CCBr)CC(F)(F)F. The summed E-state index contributed by atoms with van der Waals surface area (Å²) in [7, 11) is -4.52. The maximum Gasteiger partial charge on any atom is 0.402 e. The Balaban J connectivity index is 3.17. The third-order valence-electron chi connectivity index (χ3n) is 2.14. The normalized spacial score (nSPS) is 12.9. The summed E-state index contributed by atoms with van der Waals surface area (Å²) in [5, 5.41) is 0.0107. The van der Waals surface area contributed by atoms with Gasteiger partial charge in [0.15, 0.2) is 0 Å². The van der Waals surface area contributed by atoms with E-state index in [0.29, 0.717) is 0 Å². The second kappa shape index (κ2) is 6.19. The van der Waals surface area contributed by atoms with Crippen molar-refractivity contribution in [2.75, 3.05) is 18.4 Å². The molecule has 0 unspecified atom stereocenters. The van der Waals surface area contributed by atoms with Gasteiger partial charge < -0.3 is 0 Å². The quantitative estimate of drug-likeness (QED) is 0.595. The van der Waals surface area contributed by atoms with E-state index in [1.165, 1.54) is 12.1 Å². The molecule has 0 aliphatic heterocycles. The minimum absolute atomic E-state index is 0.0107. The summed E-state index contributed by atoms with van der Waals surface area (Å²) in [6.45, 7) is -2.06. The van der Waals surface area contributed by atoms with Crippen LogP contribution in [-0.4, -0.2) is 37.3 Å². The summed E-state index contributed by atoms with van der Waals surface area (Å²) >= 11 is 2.87. The van der Waals surface area contributed by atoms with Gasteiger partial charge in [0.2, 0.25) is 10.0 Å². The maximum atomic E-state index is 13.4. The van der Waals surface area contributed by atoms with Crippen molar-refractivity contribution in [3.05, 3.63) is 30.1 Å². The first-order valence-corrected chi connectivity index (χ1v) is 7.62. The lowest BCUT2D eigenvalue weighted by Crippen LogP contribution is -2.40. The molecule has 1 aromatic rings. The van der Waals surface area contributed by atoms with E-state index in [4.69, 9.17) is 0 Å². The summed E-state index contributed by atoms with van der Waals surface area (Å²) in [6.07, 6.45) is -4.69. The predicted molar refractivity (Wildman–Crippen MR) is 65.0 cm³/mol. The van der Waals surface area contributed by atoms with Crippen LogP contribution in [0, 0.1) is 5.82 Å². The van der Waals surface area contributed by atoms with Gasteiger partial charge in [0.25, 0.3) is 0 Å². The minimum Gasteiger partial charge on any atom is -0.207 e. The van der Waals surface area contributed by atoms with Crippen molar-refractivity contribution in [3.63, 3.8) is 0 Å². The first kappa shape index (κ1) is 16.4. The van der Waals surface area contributed by atoms with Gasteiger partial charge in [-0.05, 0) is 12.1 Å². The van der Waals surface area contributed by atoms with Crippen LogP contribution >= 0.6 is 15.9 Å². The van der Waals surface area contributed by atoms with Crippen LogP contribution in [0.2, 0.25) is 0 Å². The van der Waals surface area contributed by atoms with E-state index in [0.717, 1.165) is 12.1 Å². The Morgan fingerprint density at radius 1 is 1.21 bits per heavy atom. The van der Waals surface area contributed by atoms with Gasteiger partial charge in [-0.3, -0.25) is 0 Å². The number of alkyl halides is 4. The number of halogens is 5. The molecule has 0 fully saturated rings. The molecular weight excluding hydrogens is 354 g/mol. The van der Waals surface area contributed by atoms with E-state index in [9.17, 15) is 26.0 Å². The number of hydrogen-bond donors (Lipinski definition) is 0. The first-order valence-electron chi connectivity index (χ1n) is 5.06. The van der Waals surface area contributed by atoms with Crippen LogP contribution in [0.15, 0.2) is 29.2 Å². The number of sulfonamides is 1. The van der Waals surface area contributed by atoms with Gasteiger partial charge in [0, 0.05) is 11.9 Å². The van der Waals surface area contributed by atoms with E-state index in [1.807, 2.05) is 0 Å². The Morgan fingerprint density at radius 3 is 2.26 bits per heavy atom. The Kier molecular flexibility index (Phi) is 5.34. The highest BCUT2D eigenvalue weighted by Crippen LogP contribution is 2.24. The standard InChI is InChI=1S/C10H10BrF4NO2S/c11-5-6-16(7-10(13,14)15)19(17,18)9-4-2-1-3-8(9)12/h1-4H,5-7H2. The third-order valence-corrected chi connectivity index (χ3v) is 4.38. The molecule has 0 aliphatic rings. The molecule has 0 heterocycles. The summed E-state index contributed by atoms with van der Waals surface area (Å²) in [5.41, 5.74) is 0. The molecule has 0 atom stereocenters. The average Bonchev–Trinajstić information content (AvgIpc) is 2.27. The van der Waals surface area contributed by atoms with E-state index < -0.39 is 40.0 Å². The lowest BCUT2D eigenvalue weighted by Gasteiger charge is -2.22. The lowest BCUT2D eigenvalue weighted by molar-refractivity contribution is -0.135. The number of rotatable bonds is 5. The van der Waals surface area contributed by atoms with Crippen molar-refractivity contribution in [2.45, 2.75) is 11.1 Å². The molecule has 1 aromatic carbocycles. The van der Waals surface area contributed by atoms with Crippen LogP contribution in [0.3, 0.4) is 0 Å². The average molecular weight is 364 g/mol. The number of benzene rings is 1. The number of hydrogen-bond acceptors (Lipinski definition) is 2. The first-order chi connectivity index (χ1) is 8.68. The van der Waals surface area contributed by atoms with Gasteiger partial charge >= 0.3 is 6.18 Å². The zero-order valence-corrected chi connectivity index (χ0v) is 11.9. The highest BCUT2D eigenvalue weighted by Gasteiger charge is 2.37. The predicted octanol–water partition coefficient (Wildman–Crippen LogP) is 2.77. The second-order valence-electron chi connectivity index (χ2n) is 3.57. The fourth-order valence-corrected chi connectivity index (χ4v) is 3.53. The van der Waals surface area contributed by atoms with Crippen molar-refractivity contribution in [1.82, 2.24) is 4.31 Å². The highest BCUT2D eigenvalue weighted by atomic mass is 79.9. The van der Waals surface area contributed by atoms with Crippen LogP contribution in [-0.2, 0) is 10.0 Å². The molecule has 0 saturated carbocycles. The van der Waals surface area contributed by atoms with Gasteiger partial charge in [0.05, 0.1) is 0 Å². The van der Waals surface area contributed by atoms with E-state index in [1.54, 1.807) is 0 Å². The van der Waals surface area contributed by atoms with Crippen molar-refractivity contribution >= 4 is 26.0 Å². The molecule has 0 radical (unpaired) electrons. The Labute approximate surface area is 116 Å². The van der Waals surface area contributed by atoms with Gasteiger partial charge in [-0.15, -0.1) is 0 Å². The summed E-state index contributed by atoms with van der Waals surface area (Å²) in [4.78, 5) is -0.764. The van der Waals surface area contributed by atoms with Crippen molar-refractivity contribution in [2.24, 2.45) is 0 Å². The van der Waals surface area contributed by atoms with Crippen molar-refractivity contribution < 1.29 is 26.0 Å². The Morgan fingerprint density at radius 2 is 1.79 bits per heavy atom. The van der Waals surface area contributed by atoms with Crippen molar-refractivity contribution in [3.8, 4) is 0 Å². The van der Waals surface area contributed by atoms with Crippen LogP contribution in [0.5, 0.6) is 0 Å². The largest absolute Gasteiger partial charge is 0.402 e. The second-order valence-corrected chi connectivity index (χ2v) is 6.27. The van der Waals surface area contributed by atoms with Crippen LogP contribution in [0.4, 0.5) is 17.6 Å². The molecule has 19 heavy (non-hydrogen) atoms. The number of nitrogens with zero attached hydrogens (tertiary/aromatic N) is 1. The van der Waals surface area contributed by atoms with E-state index >= 15 is 0 Å².